The Morgan fingerprint density at radius 3 is 2.76 bits per heavy atom. The molecule has 2 aromatic carbocycles. The van der Waals surface area contributed by atoms with Crippen molar-refractivity contribution in [2.75, 3.05) is 20.7 Å². The number of aromatic nitrogens is 2. The molecule has 9 heteroatoms. The minimum absolute atomic E-state index is 0.100. The number of pyridine rings is 2. The van der Waals surface area contributed by atoms with Crippen molar-refractivity contribution in [2.45, 2.75) is 24.4 Å². The van der Waals surface area contributed by atoms with Gasteiger partial charge < -0.3 is 19.3 Å². The van der Waals surface area contributed by atoms with Crippen LogP contribution in [0, 0.1) is 5.82 Å². The van der Waals surface area contributed by atoms with Gasteiger partial charge in [0.05, 0.1) is 29.9 Å². The fourth-order valence-electron chi connectivity index (χ4n) is 4.78. The minimum Gasteiger partial charge on any atom is -0.489 e. The molecule has 1 aliphatic heterocycles. The normalized spacial score (nSPS) is 18.6. The molecule has 8 nitrogen and oxygen atoms in total. The third kappa shape index (κ3) is 4.71. The lowest BCUT2D eigenvalue weighted by Crippen LogP contribution is -2.62. The van der Waals surface area contributed by atoms with Gasteiger partial charge in [-0.05, 0) is 56.6 Å². The average Bonchev–Trinajstić information content (AvgIpc) is 2.90. The molecule has 0 radical (unpaired) electrons. The number of hydrogen-bond donors (Lipinski definition) is 1. The topological polar surface area (TPSA) is 94.0 Å². The number of fused-ring (bicyclic) bond motifs is 2. The quantitative estimate of drug-likeness (QED) is 0.357. The summed E-state index contributed by atoms with van der Waals surface area (Å²) in [5.74, 6) is -1.25. The predicted octanol–water partition coefficient (Wildman–Crippen LogP) is 4.25. The van der Waals surface area contributed by atoms with E-state index in [0.29, 0.717) is 33.7 Å². The summed E-state index contributed by atoms with van der Waals surface area (Å²) in [7, 11) is 3.31. The summed E-state index contributed by atoms with van der Waals surface area (Å²) >= 11 is 0. The molecule has 5 rings (SSSR count). The number of nitrogens with zero attached hydrogens (tertiary/aromatic N) is 3. The van der Waals surface area contributed by atoms with Crippen LogP contribution in [0.5, 0.6) is 11.5 Å². The van der Waals surface area contributed by atoms with Crippen molar-refractivity contribution in [1.82, 2.24) is 14.9 Å². The van der Waals surface area contributed by atoms with Gasteiger partial charge in [-0.3, -0.25) is 14.9 Å². The second-order valence-corrected chi connectivity index (χ2v) is 9.00. The molecular weight excluding hydrogens is 477 g/mol. The zero-order chi connectivity index (χ0) is 26.0. The maximum absolute atomic E-state index is 13.6. The van der Waals surface area contributed by atoms with Gasteiger partial charge in [-0.1, -0.05) is 24.3 Å². The van der Waals surface area contributed by atoms with Gasteiger partial charge in [0.25, 0.3) is 0 Å². The van der Waals surface area contributed by atoms with Crippen molar-refractivity contribution in [3.05, 3.63) is 96.2 Å². The van der Waals surface area contributed by atoms with Crippen LogP contribution in [0.25, 0.3) is 10.9 Å². The van der Waals surface area contributed by atoms with Crippen LogP contribution in [0.2, 0.25) is 0 Å². The van der Waals surface area contributed by atoms with E-state index in [-0.39, 0.29) is 19.0 Å². The third-order valence-corrected chi connectivity index (χ3v) is 6.49. The summed E-state index contributed by atoms with van der Waals surface area (Å²) in [6.07, 6.45) is 2.50. The van der Waals surface area contributed by atoms with Gasteiger partial charge in [-0.25, -0.2) is 9.18 Å². The van der Waals surface area contributed by atoms with E-state index < -0.39 is 23.7 Å². The van der Waals surface area contributed by atoms with Crippen molar-refractivity contribution >= 4 is 16.9 Å². The number of rotatable bonds is 8. The number of aliphatic carboxylic acids is 1. The number of hydrogen-bond acceptors (Lipinski definition) is 7. The van der Waals surface area contributed by atoms with Crippen molar-refractivity contribution in [3.63, 3.8) is 0 Å². The van der Waals surface area contributed by atoms with E-state index >= 15 is 0 Å². The average molecular weight is 504 g/mol. The third-order valence-electron chi connectivity index (χ3n) is 6.49. The minimum atomic E-state index is -1.84. The van der Waals surface area contributed by atoms with E-state index in [1.165, 1.54) is 17.0 Å². The summed E-state index contributed by atoms with van der Waals surface area (Å²) in [5, 5.41) is 11.3. The van der Waals surface area contributed by atoms with E-state index in [4.69, 9.17) is 14.2 Å². The Hall–Kier alpha value is -4.08. The first-order chi connectivity index (χ1) is 17.9. The summed E-state index contributed by atoms with van der Waals surface area (Å²) in [4.78, 5) is 23.3. The molecule has 2 aromatic heterocycles. The van der Waals surface area contributed by atoms with Crippen LogP contribution in [0.1, 0.15) is 17.2 Å². The van der Waals surface area contributed by atoms with Gasteiger partial charge in [0.1, 0.15) is 30.0 Å². The fraction of sp³-hybridized carbons (Fsp3) is 0.250. The van der Waals surface area contributed by atoms with Crippen molar-refractivity contribution in [2.24, 2.45) is 0 Å². The summed E-state index contributed by atoms with van der Waals surface area (Å²) < 4.78 is 32.1. The Kier molecular flexibility index (Phi) is 6.73. The van der Waals surface area contributed by atoms with Gasteiger partial charge >= 0.3 is 5.97 Å². The largest absolute Gasteiger partial charge is 0.489 e. The molecule has 0 fully saturated rings. The Morgan fingerprint density at radius 1 is 1.16 bits per heavy atom. The lowest BCUT2D eigenvalue weighted by molar-refractivity contribution is -0.211. The fourth-order valence-corrected chi connectivity index (χ4v) is 4.78. The molecule has 0 bridgehead atoms. The van der Waals surface area contributed by atoms with Crippen LogP contribution in [0.15, 0.2) is 79.1 Å². The highest BCUT2D eigenvalue weighted by Crippen LogP contribution is 2.45. The second-order valence-electron chi connectivity index (χ2n) is 9.00. The molecule has 190 valence electrons. The molecular formula is C28H26FN3O5. The zero-order valence-corrected chi connectivity index (χ0v) is 20.4. The van der Waals surface area contributed by atoms with E-state index in [2.05, 4.69) is 9.97 Å². The number of carboxylic acids is 1. The number of carbonyl (C=O) groups is 1. The maximum Gasteiger partial charge on any atom is 0.352 e. The molecule has 1 N–H and O–H groups in total. The highest BCUT2D eigenvalue weighted by atomic mass is 19.1. The number of para-hydroxylation sites is 1. The predicted molar refractivity (Wildman–Crippen MR) is 134 cm³/mol. The van der Waals surface area contributed by atoms with Crippen LogP contribution in [0.3, 0.4) is 0 Å². The number of ether oxygens (including phenoxy) is 3. The molecule has 1 aliphatic rings. The SMILES string of the molecule is CN(C)C(OCc1ccc2cc(F)ccc2n1)(C(=O)O)[C@H]1c2ccccc2OC[C@H]1Oc1cccnc1. The van der Waals surface area contributed by atoms with Crippen LogP contribution >= 0.6 is 0 Å². The van der Waals surface area contributed by atoms with Gasteiger partial charge in [-0.15, -0.1) is 0 Å². The van der Waals surface area contributed by atoms with Gasteiger partial charge in [0.15, 0.2) is 0 Å². The molecule has 37 heavy (non-hydrogen) atoms. The molecule has 3 atom stereocenters. The molecule has 4 aromatic rings. The molecule has 1 unspecified atom stereocenters. The van der Waals surface area contributed by atoms with Crippen LogP contribution < -0.4 is 9.47 Å². The van der Waals surface area contributed by atoms with Gasteiger partial charge in [-0.2, -0.15) is 0 Å². The molecule has 0 aliphatic carbocycles. The van der Waals surface area contributed by atoms with Crippen molar-refractivity contribution < 1.29 is 28.5 Å². The first-order valence-corrected chi connectivity index (χ1v) is 11.8. The molecule has 0 saturated carbocycles. The van der Waals surface area contributed by atoms with Crippen molar-refractivity contribution in [3.8, 4) is 11.5 Å². The number of halogens is 1. The Bertz CT molecular complexity index is 1420. The summed E-state index contributed by atoms with van der Waals surface area (Å²) in [5.41, 5.74) is -0.0912. The van der Waals surface area contributed by atoms with Gasteiger partial charge in [0.2, 0.25) is 5.72 Å². The summed E-state index contributed by atoms with van der Waals surface area (Å²) in [6.45, 7) is 0.0134. The van der Waals surface area contributed by atoms with E-state index in [9.17, 15) is 14.3 Å². The molecule has 0 amide bonds. The standard InChI is InChI=1S/C28H26FN3O5/c1-32(2)28(27(33)34,36-16-20-11-9-18-14-19(29)10-12-23(18)31-20)26-22-7-3-4-8-24(22)35-17-25(26)37-21-6-5-13-30-15-21/h3-15,25-26H,16-17H2,1-2H3,(H,33,34)/t25-,26+,28?/m1/s1. The summed E-state index contributed by atoms with van der Waals surface area (Å²) in [6, 6.07) is 18.5. The number of carboxylic acid groups (broad SMARTS) is 1. The second kappa shape index (κ2) is 10.1. The molecule has 0 saturated heterocycles. The van der Waals surface area contributed by atoms with Crippen LogP contribution in [0.4, 0.5) is 4.39 Å². The van der Waals surface area contributed by atoms with E-state index in [1.807, 2.05) is 18.2 Å². The highest BCUT2D eigenvalue weighted by molar-refractivity contribution is 5.80. The van der Waals surface area contributed by atoms with E-state index in [1.54, 1.807) is 62.9 Å². The molecule has 3 heterocycles. The lowest BCUT2D eigenvalue weighted by atomic mass is 9.80. The Labute approximate surface area is 213 Å². The van der Waals surface area contributed by atoms with Crippen molar-refractivity contribution in [1.29, 1.82) is 0 Å². The van der Waals surface area contributed by atoms with Crippen LogP contribution in [-0.4, -0.2) is 58.5 Å². The first-order valence-electron chi connectivity index (χ1n) is 11.8. The van der Waals surface area contributed by atoms with Gasteiger partial charge in [0, 0.05) is 17.1 Å². The smallest absolute Gasteiger partial charge is 0.352 e. The zero-order valence-electron chi connectivity index (χ0n) is 20.4. The van der Waals surface area contributed by atoms with Crippen LogP contribution in [-0.2, 0) is 16.1 Å². The monoisotopic (exact) mass is 503 g/mol. The number of likely N-dealkylation sites (N-methyl/N-ethyl adjacent to an activating group) is 1. The molecule has 0 spiro atoms. The Morgan fingerprint density at radius 2 is 2.00 bits per heavy atom. The lowest BCUT2D eigenvalue weighted by Gasteiger charge is -2.46. The first kappa shape index (κ1) is 24.6. The van der Waals surface area contributed by atoms with E-state index in [0.717, 1.165) is 0 Å². The Balaban J connectivity index is 1.55. The number of benzene rings is 2. The highest BCUT2D eigenvalue weighted by Gasteiger charge is 2.56. The maximum atomic E-state index is 13.6.